The molecule has 0 aromatic heterocycles. The third-order valence-corrected chi connectivity index (χ3v) is 4.46. The zero-order valence-corrected chi connectivity index (χ0v) is 16.5. The number of ether oxygens (including phenoxy) is 2. The van der Waals surface area contributed by atoms with Gasteiger partial charge in [-0.05, 0) is 37.3 Å². The number of rotatable bonds is 7. The Bertz CT molecular complexity index is 985. The molecule has 0 aliphatic rings. The van der Waals surface area contributed by atoms with Crippen LogP contribution in [0.4, 0.5) is 5.69 Å². The monoisotopic (exact) mass is 389 g/mol. The lowest BCUT2D eigenvalue weighted by Gasteiger charge is -2.19. The Kier molecular flexibility index (Phi) is 6.63. The predicted molar refractivity (Wildman–Crippen MR) is 112 cm³/mol. The minimum absolute atomic E-state index is 0.0616. The molecule has 0 radical (unpaired) electrons. The van der Waals surface area contributed by atoms with Crippen LogP contribution < -0.4 is 9.64 Å². The van der Waals surface area contributed by atoms with Crippen LogP contribution in [0.25, 0.3) is 0 Å². The molecule has 0 saturated heterocycles. The molecule has 5 nitrogen and oxygen atoms in total. The number of para-hydroxylation sites is 2. The molecule has 0 aliphatic heterocycles. The van der Waals surface area contributed by atoms with Crippen LogP contribution in [0.3, 0.4) is 0 Å². The fourth-order valence-electron chi connectivity index (χ4n) is 2.94. The van der Waals surface area contributed by atoms with Crippen molar-refractivity contribution in [3.63, 3.8) is 0 Å². The first-order valence-corrected chi connectivity index (χ1v) is 9.41. The van der Waals surface area contributed by atoms with E-state index in [1.54, 1.807) is 31.3 Å². The molecule has 0 heterocycles. The number of esters is 1. The Balaban J connectivity index is 1.78. The number of anilines is 1. The van der Waals surface area contributed by atoms with Crippen LogP contribution in [0.2, 0.25) is 0 Å². The van der Waals surface area contributed by atoms with Gasteiger partial charge in [0.1, 0.15) is 12.4 Å². The molecule has 0 unspecified atom stereocenters. The van der Waals surface area contributed by atoms with Crippen molar-refractivity contribution in [2.45, 2.75) is 13.5 Å². The second kappa shape index (κ2) is 9.55. The summed E-state index contributed by atoms with van der Waals surface area (Å²) in [7, 11) is 1.68. The predicted octanol–water partition coefficient (Wildman–Crippen LogP) is 4.72. The van der Waals surface area contributed by atoms with Crippen LogP contribution >= 0.6 is 0 Å². The highest BCUT2D eigenvalue weighted by atomic mass is 16.5. The van der Waals surface area contributed by atoms with E-state index in [0.717, 1.165) is 11.3 Å². The average Bonchev–Trinajstić information content (AvgIpc) is 2.78. The van der Waals surface area contributed by atoms with Gasteiger partial charge in [-0.2, -0.15) is 0 Å². The van der Waals surface area contributed by atoms with Gasteiger partial charge in [-0.1, -0.05) is 48.5 Å². The van der Waals surface area contributed by atoms with Crippen LogP contribution in [0.5, 0.6) is 5.75 Å². The molecule has 29 heavy (non-hydrogen) atoms. The summed E-state index contributed by atoms with van der Waals surface area (Å²) >= 11 is 0. The summed E-state index contributed by atoms with van der Waals surface area (Å²) in [6.07, 6.45) is 0. The summed E-state index contributed by atoms with van der Waals surface area (Å²) < 4.78 is 11.1. The molecule has 0 spiro atoms. The summed E-state index contributed by atoms with van der Waals surface area (Å²) in [6, 6.07) is 23.3. The molecule has 0 bridgehead atoms. The highest BCUT2D eigenvalue weighted by Gasteiger charge is 2.21. The largest absolute Gasteiger partial charge is 0.493 e. The molecule has 3 rings (SSSR count). The second-order valence-corrected chi connectivity index (χ2v) is 6.36. The standard InChI is InChI=1S/C24H23NO4/c1-3-28-22-16-10-7-11-18(22)17-29-24(27)21-15-9-8-14-20(21)23(26)25(2)19-12-5-4-6-13-19/h4-16H,3,17H2,1-2H3. The van der Waals surface area contributed by atoms with Crippen molar-refractivity contribution in [3.05, 3.63) is 95.6 Å². The van der Waals surface area contributed by atoms with E-state index in [1.165, 1.54) is 4.90 Å². The van der Waals surface area contributed by atoms with Crippen molar-refractivity contribution in [1.29, 1.82) is 0 Å². The molecule has 0 N–H and O–H groups in total. The van der Waals surface area contributed by atoms with Gasteiger partial charge in [-0.15, -0.1) is 0 Å². The van der Waals surface area contributed by atoms with E-state index in [1.807, 2.05) is 61.5 Å². The number of carbonyl (C=O) groups excluding carboxylic acids is 2. The van der Waals surface area contributed by atoms with Gasteiger partial charge >= 0.3 is 5.97 Å². The Morgan fingerprint density at radius 3 is 2.17 bits per heavy atom. The second-order valence-electron chi connectivity index (χ2n) is 6.36. The van der Waals surface area contributed by atoms with Crippen molar-refractivity contribution in [3.8, 4) is 5.75 Å². The Morgan fingerprint density at radius 1 is 0.828 bits per heavy atom. The van der Waals surface area contributed by atoms with E-state index >= 15 is 0 Å². The number of hydrogen-bond acceptors (Lipinski definition) is 4. The Labute approximate surface area is 170 Å². The SMILES string of the molecule is CCOc1ccccc1COC(=O)c1ccccc1C(=O)N(C)c1ccccc1. The van der Waals surface area contributed by atoms with Crippen molar-refractivity contribution in [2.24, 2.45) is 0 Å². The normalized spacial score (nSPS) is 10.3. The number of hydrogen-bond donors (Lipinski definition) is 0. The summed E-state index contributed by atoms with van der Waals surface area (Å²) in [6.45, 7) is 2.48. The first-order chi connectivity index (χ1) is 14.1. The van der Waals surface area contributed by atoms with Crippen LogP contribution in [0.15, 0.2) is 78.9 Å². The van der Waals surface area contributed by atoms with Crippen molar-refractivity contribution < 1.29 is 19.1 Å². The maximum absolute atomic E-state index is 13.0. The van der Waals surface area contributed by atoms with Crippen LogP contribution in [-0.4, -0.2) is 25.5 Å². The van der Waals surface area contributed by atoms with E-state index in [9.17, 15) is 9.59 Å². The fourth-order valence-corrected chi connectivity index (χ4v) is 2.94. The fraction of sp³-hybridized carbons (Fsp3) is 0.167. The minimum atomic E-state index is -0.554. The molecular weight excluding hydrogens is 366 g/mol. The van der Waals surface area contributed by atoms with Crippen LogP contribution in [0, 0.1) is 0 Å². The lowest BCUT2D eigenvalue weighted by atomic mass is 10.1. The Morgan fingerprint density at radius 2 is 1.45 bits per heavy atom. The number of nitrogens with zero attached hydrogens (tertiary/aromatic N) is 1. The van der Waals surface area contributed by atoms with Gasteiger partial charge in [-0.25, -0.2) is 4.79 Å². The van der Waals surface area contributed by atoms with Gasteiger partial charge in [-0.3, -0.25) is 4.79 Å². The molecule has 5 heteroatoms. The van der Waals surface area contributed by atoms with E-state index in [2.05, 4.69) is 0 Å². The van der Waals surface area contributed by atoms with Gasteiger partial charge in [0.05, 0.1) is 17.7 Å². The van der Waals surface area contributed by atoms with Crippen molar-refractivity contribution in [2.75, 3.05) is 18.6 Å². The minimum Gasteiger partial charge on any atom is -0.493 e. The lowest BCUT2D eigenvalue weighted by molar-refractivity contribution is 0.0466. The van der Waals surface area contributed by atoms with E-state index < -0.39 is 5.97 Å². The van der Waals surface area contributed by atoms with E-state index in [-0.39, 0.29) is 18.1 Å². The number of carbonyl (C=O) groups is 2. The number of benzene rings is 3. The zero-order chi connectivity index (χ0) is 20.6. The molecule has 0 saturated carbocycles. The molecule has 1 amide bonds. The van der Waals surface area contributed by atoms with Crippen LogP contribution in [-0.2, 0) is 11.3 Å². The van der Waals surface area contributed by atoms with Gasteiger partial charge < -0.3 is 14.4 Å². The third kappa shape index (κ3) is 4.82. The lowest BCUT2D eigenvalue weighted by Crippen LogP contribution is -2.28. The van der Waals surface area contributed by atoms with Crippen molar-refractivity contribution >= 4 is 17.6 Å². The molecular formula is C24H23NO4. The third-order valence-electron chi connectivity index (χ3n) is 4.46. The maximum Gasteiger partial charge on any atom is 0.339 e. The van der Waals surface area contributed by atoms with Gasteiger partial charge in [0, 0.05) is 18.3 Å². The molecule has 0 atom stereocenters. The summed E-state index contributed by atoms with van der Waals surface area (Å²) in [5.74, 6) is -0.156. The van der Waals surface area contributed by atoms with E-state index in [4.69, 9.17) is 9.47 Å². The summed E-state index contributed by atoms with van der Waals surface area (Å²) in [5, 5.41) is 0. The zero-order valence-electron chi connectivity index (χ0n) is 16.5. The molecule has 3 aromatic rings. The Hall–Kier alpha value is -3.60. The summed E-state index contributed by atoms with van der Waals surface area (Å²) in [4.78, 5) is 27.2. The molecule has 3 aromatic carbocycles. The van der Waals surface area contributed by atoms with E-state index in [0.29, 0.717) is 17.9 Å². The summed E-state index contributed by atoms with van der Waals surface area (Å²) in [5.41, 5.74) is 2.04. The molecule has 0 fully saturated rings. The van der Waals surface area contributed by atoms with Gasteiger partial charge in [0.15, 0.2) is 0 Å². The maximum atomic E-state index is 13.0. The van der Waals surface area contributed by atoms with Crippen molar-refractivity contribution in [1.82, 2.24) is 0 Å². The van der Waals surface area contributed by atoms with Crippen LogP contribution in [0.1, 0.15) is 33.2 Å². The highest BCUT2D eigenvalue weighted by molar-refractivity contribution is 6.11. The molecule has 148 valence electrons. The molecule has 0 aliphatic carbocycles. The quantitative estimate of drug-likeness (QED) is 0.549. The highest BCUT2D eigenvalue weighted by Crippen LogP contribution is 2.21. The first kappa shape index (κ1) is 20.1. The first-order valence-electron chi connectivity index (χ1n) is 9.41. The smallest absolute Gasteiger partial charge is 0.339 e. The number of amides is 1. The van der Waals surface area contributed by atoms with Gasteiger partial charge in [0.25, 0.3) is 5.91 Å². The average molecular weight is 389 g/mol. The topological polar surface area (TPSA) is 55.8 Å². The van der Waals surface area contributed by atoms with Gasteiger partial charge in [0.2, 0.25) is 0 Å².